The maximum atomic E-state index is 14.4. The van der Waals surface area contributed by atoms with E-state index in [-0.39, 0.29) is 18.5 Å². The molecule has 0 spiro atoms. The van der Waals surface area contributed by atoms with E-state index in [1.165, 1.54) is 30.2 Å². The fraction of sp³-hybridized carbons (Fsp3) is 0.192. The number of halogens is 1. The molecule has 0 bridgehead atoms. The minimum absolute atomic E-state index is 0.0631. The number of rotatable bonds is 6. The minimum Gasteiger partial charge on any atom is -0.497 e. The highest BCUT2D eigenvalue weighted by atomic mass is 19.1. The smallest absolute Gasteiger partial charge is 0.257 e. The summed E-state index contributed by atoms with van der Waals surface area (Å²) in [4.78, 5) is 41.9. The van der Waals surface area contributed by atoms with E-state index in [1.54, 1.807) is 30.3 Å². The molecule has 7 heteroatoms. The van der Waals surface area contributed by atoms with Crippen molar-refractivity contribution in [1.82, 2.24) is 4.90 Å². The summed E-state index contributed by atoms with van der Waals surface area (Å²) in [6.07, 6.45) is -0.184. The van der Waals surface area contributed by atoms with Crippen molar-refractivity contribution < 1.29 is 23.5 Å². The monoisotopic (exact) mass is 446 g/mol. The van der Waals surface area contributed by atoms with Crippen molar-refractivity contribution in [2.75, 3.05) is 12.0 Å². The summed E-state index contributed by atoms with van der Waals surface area (Å²) in [5, 5.41) is 0. The largest absolute Gasteiger partial charge is 0.497 e. The van der Waals surface area contributed by atoms with E-state index in [2.05, 4.69) is 0 Å². The van der Waals surface area contributed by atoms with Gasteiger partial charge in [0.2, 0.25) is 5.91 Å². The highest BCUT2D eigenvalue weighted by molar-refractivity contribution is 6.23. The molecule has 1 saturated heterocycles. The number of methoxy groups -OCH3 is 1. The van der Waals surface area contributed by atoms with Crippen molar-refractivity contribution in [1.29, 1.82) is 0 Å². The Morgan fingerprint density at radius 2 is 1.70 bits per heavy atom. The van der Waals surface area contributed by atoms with Crippen LogP contribution in [-0.2, 0) is 16.1 Å². The van der Waals surface area contributed by atoms with Gasteiger partial charge < -0.3 is 9.64 Å². The number of amides is 3. The molecule has 0 aromatic heterocycles. The molecule has 1 fully saturated rings. The summed E-state index contributed by atoms with van der Waals surface area (Å²) < 4.78 is 19.6. The Bertz CT molecular complexity index is 1190. The zero-order valence-electron chi connectivity index (χ0n) is 18.3. The minimum atomic E-state index is -1.05. The molecule has 1 aliphatic heterocycles. The van der Waals surface area contributed by atoms with Crippen LogP contribution >= 0.6 is 0 Å². The normalized spacial score (nSPS) is 15.6. The third-order valence-electron chi connectivity index (χ3n) is 5.67. The quantitative estimate of drug-likeness (QED) is 0.535. The predicted molar refractivity (Wildman–Crippen MR) is 121 cm³/mol. The number of aryl methyl sites for hydroxylation is 1. The molecular formula is C26H23FN2O4. The highest BCUT2D eigenvalue weighted by Crippen LogP contribution is 2.29. The summed E-state index contributed by atoms with van der Waals surface area (Å²) >= 11 is 0. The van der Waals surface area contributed by atoms with E-state index < -0.39 is 29.6 Å². The topological polar surface area (TPSA) is 66.9 Å². The number of ether oxygens (including phenoxy) is 1. The Morgan fingerprint density at radius 3 is 2.33 bits per heavy atom. The molecule has 3 aromatic rings. The number of carbonyl (C=O) groups is 3. The van der Waals surface area contributed by atoms with Crippen LogP contribution in [0.5, 0.6) is 5.75 Å². The number of carbonyl (C=O) groups excluding carboxylic acids is 3. The van der Waals surface area contributed by atoms with Crippen molar-refractivity contribution in [3.05, 3.63) is 95.3 Å². The lowest BCUT2D eigenvalue weighted by molar-refractivity contribution is -0.122. The van der Waals surface area contributed by atoms with Crippen molar-refractivity contribution in [2.24, 2.45) is 0 Å². The second-order valence-corrected chi connectivity index (χ2v) is 7.88. The molecule has 0 saturated carbocycles. The number of nitrogens with zero attached hydrogens (tertiary/aromatic N) is 2. The molecule has 1 aliphatic rings. The number of anilines is 1. The Balaban J connectivity index is 1.69. The van der Waals surface area contributed by atoms with Gasteiger partial charge in [-0.3, -0.25) is 14.4 Å². The third-order valence-corrected chi connectivity index (χ3v) is 5.67. The molecular weight excluding hydrogens is 423 g/mol. The first-order valence-corrected chi connectivity index (χ1v) is 10.5. The van der Waals surface area contributed by atoms with Gasteiger partial charge in [0.05, 0.1) is 24.8 Å². The first-order chi connectivity index (χ1) is 15.9. The molecule has 0 radical (unpaired) electrons. The summed E-state index contributed by atoms with van der Waals surface area (Å²) in [6, 6.07) is 18.6. The first kappa shape index (κ1) is 22.2. The molecule has 3 amide bonds. The second-order valence-electron chi connectivity index (χ2n) is 7.88. The highest BCUT2D eigenvalue weighted by Gasteiger charge is 2.44. The van der Waals surface area contributed by atoms with Gasteiger partial charge in [-0.2, -0.15) is 0 Å². The lowest BCUT2D eigenvalue weighted by atomic mass is 10.1. The lowest BCUT2D eigenvalue weighted by Gasteiger charge is -2.28. The predicted octanol–water partition coefficient (Wildman–Crippen LogP) is 4.12. The fourth-order valence-corrected chi connectivity index (χ4v) is 3.87. The van der Waals surface area contributed by atoms with E-state index in [9.17, 15) is 18.8 Å². The Labute approximate surface area is 191 Å². The summed E-state index contributed by atoms with van der Waals surface area (Å²) in [7, 11) is 1.52. The van der Waals surface area contributed by atoms with Gasteiger partial charge in [0, 0.05) is 6.54 Å². The zero-order valence-corrected chi connectivity index (χ0v) is 18.3. The maximum absolute atomic E-state index is 14.4. The molecule has 168 valence electrons. The van der Waals surface area contributed by atoms with Crippen LogP contribution in [0.15, 0.2) is 72.8 Å². The molecule has 0 aliphatic carbocycles. The second kappa shape index (κ2) is 9.24. The van der Waals surface area contributed by atoms with Crippen LogP contribution in [0.4, 0.5) is 10.1 Å². The van der Waals surface area contributed by atoms with E-state index >= 15 is 0 Å². The van der Waals surface area contributed by atoms with E-state index in [1.807, 2.05) is 31.2 Å². The van der Waals surface area contributed by atoms with E-state index in [0.29, 0.717) is 11.4 Å². The number of imide groups is 1. The van der Waals surface area contributed by atoms with Crippen molar-refractivity contribution >= 4 is 23.4 Å². The van der Waals surface area contributed by atoms with Gasteiger partial charge in [0.25, 0.3) is 11.8 Å². The van der Waals surface area contributed by atoms with Gasteiger partial charge in [0.15, 0.2) is 0 Å². The van der Waals surface area contributed by atoms with Crippen molar-refractivity contribution in [3.63, 3.8) is 0 Å². The molecule has 1 heterocycles. The average molecular weight is 446 g/mol. The maximum Gasteiger partial charge on any atom is 0.257 e. The van der Waals surface area contributed by atoms with Crippen LogP contribution in [0, 0.1) is 12.7 Å². The molecule has 1 atom stereocenters. The summed E-state index contributed by atoms with van der Waals surface area (Å²) in [5.74, 6) is -1.69. The van der Waals surface area contributed by atoms with Crippen LogP contribution < -0.4 is 9.64 Å². The molecule has 1 unspecified atom stereocenters. The van der Waals surface area contributed by atoms with Crippen LogP contribution in [0.2, 0.25) is 0 Å². The third kappa shape index (κ3) is 4.48. The van der Waals surface area contributed by atoms with Gasteiger partial charge >= 0.3 is 0 Å². The van der Waals surface area contributed by atoms with Crippen molar-refractivity contribution in [2.45, 2.75) is 25.9 Å². The van der Waals surface area contributed by atoms with Gasteiger partial charge in [-0.15, -0.1) is 0 Å². The Morgan fingerprint density at radius 1 is 1.03 bits per heavy atom. The SMILES string of the molecule is COc1ccc(N2C(=O)CC(N(Cc3ccc(C)cc3)C(=O)c3ccccc3F)C2=O)cc1. The molecule has 4 rings (SSSR count). The number of hydrogen-bond acceptors (Lipinski definition) is 4. The molecule has 33 heavy (non-hydrogen) atoms. The average Bonchev–Trinajstić information content (AvgIpc) is 3.12. The van der Waals surface area contributed by atoms with Crippen LogP contribution in [0.3, 0.4) is 0 Å². The van der Waals surface area contributed by atoms with Crippen LogP contribution in [0.25, 0.3) is 0 Å². The van der Waals surface area contributed by atoms with E-state index in [4.69, 9.17) is 4.74 Å². The van der Waals surface area contributed by atoms with Gasteiger partial charge in [-0.05, 0) is 48.9 Å². The first-order valence-electron chi connectivity index (χ1n) is 10.5. The Kier molecular flexibility index (Phi) is 6.22. The lowest BCUT2D eigenvalue weighted by Crippen LogP contribution is -2.45. The van der Waals surface area contributed by atoms with E-state index in [0.717, 1.165) is 16.0 Å². The molecule has 6 nitrogen and oxygen atoms in total. The van der Waals surface area contributed by atoms with Crippen molar-refractivity contribution in [3.8, 4) is 5.75 Å². The number of hydrogen-bond donors (Lipinski definition) is 0. The fourth-order valence-electron chi connectivity index (χ4n) is 3.87. The summed E-state index contributed by atoms with van der Waals surface area (Å²) in [5.41, 5.74) is 2.06. The number of benzene rings is 3. The molecule has 3 aromatic carbocycles. The summed E-state index contributed by atoms with van der Waals surface area (Å²) in [6.45, 7) is 2.01. The molecule has 0 N–H and O–H groups in total. The zero-order chi connectivity index (χ0) is 23.5. The standard InChI is InChI=1S/C26H23FN2O4/c1-17-7-9-18(10-8-17)16-28(25(31)21-5-3-4-6-22(21)27)23-15-24(30)29(26(23)32)19-11-13-20(33-2)14-12-19/h3-14,23H,15-16H2,1-2H3. The van der Waals surface area contributed by atoms with Gasteiger partial charge in [-0.25, -0.2) is 9.29 Å². The van der Waals surface area contributed by atoms with Gasteiger partial charge in [-0.1, -0.05) is 42.0 Å². The van der Waals surface area contributed by atoms with Crippen LogP contribution in [-0.4, -0.2) is 35.8 Å². The van der Waals surface area contributed by atoms with Gasteiger partial charge in [0.1, 0.15) is 17.6 Å². The Hall–Kier alpha value is -4.00. The van der Waals surface area contributed by atoms with Crippen LogP contribution in [0.1, 0.15) is 27.9 Å².